The van der Waals surface area contributed by atoms with Crippen LogP contribution >= 0.6 is 0 Å². The number of aliphatic hydroxyl groups excluding tert-OH is 3. The summed E-state index contributed by atoms with van der Waals surface area (Å²) < 4.78 is 5.41. The first-order valence-electron chi connectivity index (χ1n) is 6.10. The Morgan fingerprint density at radius 1 is 1.21 bits per heavy atom. The molecule has 0 saturated carbocycles. The lowest BCUT2D eigenvalue weighted by Crippen LogP contribution is -2.54. The first kappa shape index (κ1) is 15.7. The van der Waals surface area contributed by atoms with Gasteiger partial charge in [0.15, 0.2) is 0 Å². The van der Waals surface area contributed by atoms with Crippen molar-refractivity contribution in [2.24, 2.45) is 0 Å². The lowest BCUT2D eigenvalue weighted by atomic mass is 10.0. The van der Waals surface area contributed by atoms with Gasteiger partial charge in [-0.2, -0.15) is 0 Å². The highest BCUT2D eigenvalue weighted by Gasteiger charge is 2.26. The molecule has 0 aliphatic heterocycles. The first-order chi connectivity index (χ1) is 9.19. The monoisotopic (exact) mass is 267 g/mol. The molecule has 0 fully saturated rings. The second-order valence-corrected chi connectivity index (χ2v) is 4.36. The molecule has 1 aromatic rings. The summed E-state index contributed by atoms with van der Waals surface area (Å²) in [7, 11) is 0. The molecule has 0 saturated heterocycles. The van der Waals surface area contributed by atoms with E-state index in [4.69, 9.17) is 4.74 Å². The van der Waals surface area contributed by atoms with E-state index in [1.807, 2.05) is 24.3 Å². The van der Waals surface area contributed by atoms with Gasteiger partial charge >= 0.3 is 0 Å². The van der Waals surface area contributed by atoms with Crippen LogP contribution in [0.3, 0.4) is 0 Å². The number of nitrogens with one attached hydrogen (secondary N) is 1. The summed E-state index contributed by atoms with van der Waals surface area (Å²) in [6.07, 6.45) is 1.67. The van der Waals surface area contributed by atoms with E-state index < -0.39 is 5.54 Å². The van der Waals surface area contributed by atoms with Gasteiger partial charge < -0.3 is 25.4 Å². The van der Waals surface area contributed by atoms with Gasteiger partial charge in [-0.05, 0) is 17.7 Å². The lowest BCUT2D eigenvalue weighted by Gasteiger charge is -2.28. The van der Waals surface area contributed by atoms with Crippen molar-refractivity contribution in [2.75, 3.05) is 26.4 Å². The van der Waals surface area contributed by atoms with E-state index in [2.05, 4.69) is 11.9 Å². The standard InChI is InChI=1S/C14H21NO4/c1-2-6-19-13-5-3-4-12(7-13)8-15-14(9-16,10-17)11-18/h2-5,7,15-18H,1,6,8-11H2. The van der Waals surface area contributed by atoms with Crippen LogP contribution in [-0.4, -0.2) is 47.3 Å². The highest BCUT2D eigenvalue weighted by Crippen LogP contribution is 2.14. The van der Waals surface area contributed by atoms with Gasteiger partial charge in [0.05, 0.1) is 25.4 Å². The van der Waals surface area contributed by atoms with Crippen LogP contribution in [0.2, 0.25) is 0 Å². The SMILES string of the molecule is C=CCOc1cccc(CNC(CO)(CO)CO)c1. The van der Waals surface area contributed by atoms with E-state index in [9.17, 15) is 15.3 Å². The normalized spacial score (nSPS) is 11.3. The van der Waals surface area contributed by atoms with Crippen molar-refractivity contribution in [3.05, 3.63) is 42.5 Å². The van der Waals surface area contributed by atoms with Crippen molar-refractivity contribution >= 4 is 0 Å². The fourth-order valence-corrected chi connectivity index (χ4v) is 1.51. The Bertz CT molecular complexity index is 383. The Kier molecular flexibility index (Phi) is 6.52. The van der Waals surface area contributed by atoms with Crippen LogP contribution in [-0.2, 0) is 6.54 Å². The summed E-state index contributed by atoms with van der Waals surface area (Å²) in [4.78, 5) is 0. The predicted molar refractivity (Wildman–Crippen MR) is 73.0 cm³/mol. The maximum atomic E-state index is 9.21. The third kappa shape index (κ3) is 4.65. The van der Waals surface area contributed by atoms with Gasteiger partial charge in [-0.15, -0.1) is 0 Å². The maximum absolute atomic E-state index is 9.21. The predicted octanol–water partition coefficient (Wildman–Crippen LogP) is 0.0567. The zero-order valence-electron chi connectivity index (χ0n) is 10.9. The molecule has 0 bridgehead atoms. The van der Waals surface area contributed by atoms with Crippen LogP contribution < -0.4 is 10.1 Å². The van der Waals surface area contributed by atoms with Crippen molar-refractivity contribution in [3.8, 4) is 5.75 Å². The molecule has 0 heterocycles. The lowest BCUT2D eigenvalue weighted by molar-refractivity contribution is 0.0414. The van der Waals surface area contributed by atoms with Crippen molar-refractivity contribution in [2.45, 2.75) is 12.1 Å². The molecule has 5 nitrogen and oxygen atoms in total. The van der Waals surface area contributed by atoms with Gasteiger partial charge in [0.25, 0.3) is 0 Å². The van der Waals surface area contributed by atoms with Crippen LogP contribution in [0.15, 0.2) is 36.9 Å². The quantitative estimate of drug-likeness (QED) is 0.476. The van der Waals surface area contributed by atoms with E-state index in [1.54, 1.807) is 6.08 Å². The number of aliphatic hydroxyl groups is 3. The number of hydrogen-bond acceptors (Lipinski definition) is 5. The molecule has 0 atom stereocenters. The van der Waals surface area contributed by atoms with E-state index in [-0.39, 0.29) is 19.8 Å². The van der Waals surface area contributed by atoms with Crippen molar-refractivity contribution < 1.29 is 20.1 Å². The summed E-state index contributed by atoms with van der Waals surface area (Å²) in [6.45, 7) is 3.40. The number of rotatable bonds is 9. The van der Waals surface area contributed by atoms with Crippen LogP contribution in [0.1, 0.15) is 5.56 Å². The van der Waals surface area contributed by atoms with Gasteiger partial charge in [0, 0.05) is 6.54 Å². The minimum Gasteiger partial charge on any atom is -0.490 e. The molecule has 0 aliphatic carbocycles. The van der Waals surface area contributed by atoms with Crippen molar-refractivity contribution in [3.63, 3.8) is 0 Å². The molecule has 0 spiro atoms. The zero-order valence-corrected chi connectivity index (χ0v) is 10.9. The van der Waals surface area contributed by atoms with Crippen LogP contribution in [0.5, 0.6) is 5.75 Å². The Labute approximate surface area is 113 Å². The molecule has 4 N–H and O–H groups in total. The summed E-state index contributed by atoms with van der Waals surface area (Å²) in [5, 5.41) is 30.6. The summed E-state index contributed by atoms with van der Waals surface area (Å²) in [5.74, 6) is 0.724. The van der Waals surface area contributed by atoms with Crippen molar-refractivity contribution in [1.82, 2.24) is 5.32 Å². The zero-order chi connectivity index (χ0) is 14.1. The summed E-state index contributed by atoms with van der Waals surface area (Å²) in [5.41, 5.74) is -0.140. The average molecular weight is 267 g/mol. The fraction of sp³-hybridized carbons (Fsp3) is 0.429. The molecule has 0 aromatic heterocycles. The Balaban J connectivity index is 2.63. The minimum atomic E-state index is -1.07. The molecule has 0 aliphatic rings. The van der Waals surface area contributed by atoms with E-state index in [0.717, 1.165) is 11.3 Å². The highest BCUT2D eigenvalue weighted by molar-refractivity contribution is 5.28. The molecule has 0 amide bonds. The molecular weight excluding hydrogens is 246 g/mol. The highest BCUT2D eigenvalue weighted by atomic mass is 16.5. The Morgan fingerprint density at radius 3 is 2.47 bits per heavy atom. The molecule has 106 valence electrons. The largest absolute Gasteiger partial charge is 0.490 e. The van der Waals surface area contributed by atoms with E-state index in [0.29, 0.717) is 13.2 Å². The summed E-state index contributed by atoms with van der Waals surface area (Å²) >= 11 is 0. The molecule has 1 rings (SSSR count). The fourth-order valence-electron chi connectivity index (χ4n) is 1.51. The van der Waals surface area contributed by atoms with Crippen LogP contribution in [0, 0.1) is 0 Å². The first-order valence-corrected chi connectivity index (χ1v) is 6.10. The molecule has 5 heteroatoms. The number of hydrogen-bond donors (Lipinski definition) is 4. The molecule has 0 unspecified atom stereocenters. The number of ether oxygens (including phenoxy) is 1. The minimum absolute atomic E-state index is 0.341. The second kappa shape index (κ2) is 7.91. The Hall–Kier alpha value is -1.40. The van der Waals surface area contributed by atoms with Crippen LogP contribution in [0.25, 0.3) is 0 Å². The van der Waals surface area contributed by atoms with Gasteiger partial charge in [0.1, 0.15) is 12.4 Å². The van der Waals surface area contributed by atoms with E-state index >= 15 is 0 Å². The molecule has 19 heavy (non-hydrogen) atoms. The van der Waals surface area contributed by atoms with Gasteiger partial charge in [-0.1, -0.05) is 24.8 Å². The van der Waals surface area contributed by atoms with Gasteiger partial charge in [-0.25, -0.2) is 0 Å². The molecular formula is C14H21NO4. The van der Waals surface area contributed by atoms with Crippen molar-refractivity contribution in [1.29, 1.82) is 0 Å². The molecule has 0 radical (unpaired) electrons. The van der Waals surface area contributed by atoms with Gasteiger partial charge in [0.2, 0.25) is 0 Å². The third-order valence-corrected chi connectivity index (χ3v) is 2.84. The third-order valence-electron chi connectivity index (χ3n) is 2.84. The maximum Gasteiger partial charge on any atom is 0.120 e. The van der Waals surface area contributed by atoms with Gasteiger partial charge in [-0.3, -0.25) is 0 Å². The van der Waals surface area contributed by atoms with Crippen LogP contribution in [0.4, 0.5) is 0 Å². The van der Waals surface area contributed by atoms with E-state index in [1.165, 1.54) is 0 Å². The molecule has 1 aromatic carbocycles. The smallest absolute Gasteiger partial charge is 0.120 e. The Morgan fingerprint density at radius 2 is 1.89 bits per heavy atom. The summed E-state index contributed by atoms with van der Waals surface area (Å²) in [6, 6.07) is 7.44. The topological polar surface area (TPSA) is 82.0 Å². The average Bonchev–Trinajstić information content (AvgIpc) is 2.47. The second-order valence-electron chi connectivity index (χ2n) is 4.36. The number of benzene rings is 1.